The molecule has 0 spiro atoms. The normalized spacial score (nSPS) is 12.0. The Kier molecular flexibility index (Phi) is 7.18. The predicted molar refractivity (Wildman–Crippen MR) is 100 cm³/mol. The number of thioether (sulfide) groups is 1. The van der Waals surface area contributed by atoms with Crippen LogP contribution in [0.1, 0.15) is 29.3 Å². The van der Waals surface area contributed by atoms with E-state index >= 15 is 0 Å². The van der Waals surface area contributed by atoms with Crippen LogP contribution < -0.4 is 0 Å². The number of aryl methyl sites for hydroxylation is 1. The van der Waals surface area contributed by atoms with Crippen molar-refractivity contribution in [3.63, 3.8) is 0 Å². The third kappa shape index (κ3) is 6.04. The van der Waals surface area contributed by atoms with Crippen LogP contribution in [0.25, 0.3) is 0 Å². The SMILES string of the molecule is COC(=O)c1ccc(CCC(C)CSc2ccc(Br)cc2)cc1. The summed E-state index contributed by atoms with van der Waals surface area (Å²) in [7, 11) is 1.40. The van der Waals surface area contributed by atoms with E-state index in [4.69, 9.17) is 4.74 Å². The van der Waals surface area contributed by atoms with Gasteiger partial charge in [-0.2, -0.15) is 0 Å². The van der Waals surface area contributed by atoms with Crippen LogP contribution in [0.2, 0.25) is 0 Å². The average Bonchev–Trinajstić information content (AvgIpc) is 2.59. The number of carbonyl (C=O) groups excluding carboxylic acids is 1. The summed E-state index contributed by atoms with van der Waals surface area (Å²) in [4.78, 5) is 12.7. The molecule has 4 heteroatoms. The van der Waals surface area contributed by atoms with E-state index in [0.717, 1.165) is 23.1 Å². The highest BCUT2D eigenvalue weighted by atomic mass is 79.9. The Balaban J connectivity index is 1.76. The highest BCUT2D eigenvalue weighted by molar-refractivity contribution is 9.10. The molecule has 0 aliphatic carbocycles. The van der Waals surface area contributed by atoms with E-state index in [0.29, 0.717) is 11.5 Å². The Morgan fingerprint density at radius 3 is 2.39 bits per heavy atom. The van der Waals surface area contributed by atoms with E-state index in [-0.39, 0.29) is 5.97 Å². The van der Waals surface area contributed by atoms with Gasteiger partial charge in [0.1, 0.15) is 0 Å². The van der Waals surface area contributed by atoms with Gasteiger partial charge >= 0.3 is 5.97 Å². The Bertz CT molecular complexity index is 623. The molecular formula is C19H21BrO2S. The van der Waals surface area contributed by atoms with Gasteiger partial charge in [-0.15, -0.1) is 11.8 Å². The lowest BCUT2D eigenvalue weighted by molar-refractivity contribution is 0.0600. The van der Waals surface area contributed by atoms with Crippen molar-refractivity contribution in [1.82, 2.24) is 0 Å². The first-order valence-electron chi connectivity index (χ1n) is 7.64. The molecule has 122 valence electrons. The molecule has 0 amide bonds. The highest BCUT2D eigenvalue weighted by Crippen LogP contribution is 2.24. The van der Waals surface area contributed by atoms with Crippen molar-refractivity contribution in [3.05, 3.63) is 64.1 Å². The standard InChI is InChI=1S/C19H21BrO2S/c1-14(13-23-18-11-9-17(20)10-12-18)3-4-15-5-7-16(8-6-15)19(21)22-2/h5-12,14H,3-4,13H2,1-2H3. The average molecular weight is 393 g/mol. The minimum absolute atomic E-state index is 0.282. The topological polar surface area (TPSA) is 26.3 Å². The van der Waals surface area contributed by atoms with Gasteiger partial charge in [0.25, 0.3) is 0 Å². The Morgan fingerprint density at radius 2 is 1.78 bits per heavy atom. The molecule has 0 bridgehead atoms. The predicted octanol–water partition coefficient (Wildman–Crippen LogP) is 5.60. The van der Waals surface area contributed by atoms with Crippen molar-refractivity contribution >= 4 is 33.7 Å². The minimum Gasteiger partial charge on any atom is -0.465 e. The zero-order chi connectivity index (χ0) is 16.7. The van der Waals surface area contributed by atoms with Gasteiger partial charge in [0.05, 0.1) is 12.7 Å². The minimum atomic E-state index is -0.282. The van der Waals surface area contributed by atoms with Gasteiger partial charge in [0.2, 0.25) is 0 Å². The fourth-order valence-electron chi connectivity index (χ4n) is 2.19. The summed E-state index contributed by atoms with van der Waals surface area (Å²) in [6.45, 7) is 2.29. The number of hydrogen-bond donors (Lipinski definition) is 0. The smallest absolute Gasteiger partial charge is 0.337 e. The maximum Gasteiger partial charge on any atom is 0.337 e. The van der Waals surface area contributed by atoms with Crippen LogP contribution in [-0.2, 0) is 11.2 Å². The lowest BCUT2D eigenvalue weighted by Gasteiger charge is -2.11. The first-order chi connectivity index (χ1) is 11.1. The van der Waals surface area contributed by atoms with E-state index in [1.54, 1.807) is 0 Å². The number of ether oxygens (including phenoxy) is 1. The summed E-state index contributed by atoms with van der Waals surface area (Å²) in [5.41, 5.74) is 1.87. The molecule has 2 nitrogen and oxygen atoms in total. The van der Waals surface area contributed by atoms with Crippen molar-refractivity contribution in [3.8, 4) is 0 Å². The van der Waals surface area contributed by atoms with Crippen LogP contribution in [-0.4, -0.2) is 18.8 Å². The molecule has 1 atom stereocenters. The zero-order valence-corrected chi connectivity index (χ0v) is 15.8. The monoisotopic (exact) mass is 392 g/mol. The number of methoxy groups -OCH3 is 1. The molecule has 0 saturated carbocycles. The first-order valence-corrected chi connectivity index (χ1v) is 9.42. The lowest BCUT2D eigenvalue weighted by Crippen LogP contribution is -2.02. The van der Waals surface area contributed by atoms with Crippen LogP contribution in [0.15, 0.2) is 57.9 Å². The molecule has 0 aliphatic heterocycles. The van der Waals surface area contributed by atoms with Gasteiger partial charge in [0.15, 0.2) is 0 Å². The van der Waals surface area contributed by atoms with Crippen LogP contribution >= 0.6 is 27.7 Å². The first kappa shape index (κ1) is 18.1. The number of benzene rings is 2. The summed E-state index contributed by atoms with van der Waals surface area (Å²) >= 11 is 5.36. The van der Waals surface area contributed by atoms with Crippen LogP contribution in [0, 0.1) is 5.92 Å². The number of rotatable bonds is 7. The van der Waals surface area contributed by atoms with Gasteiger partial charge in [-0.25, -0.2) is 4.79 Å². The second-order valence-corrected chi connectivity index (χ2v) is 7.61. The van der Waals surface area contributed by atoms with E-state index in [1.165, 1.54) is 17.6 Å². The maximum absolute atomic E-state index is 11.4. The van der Waals surface area contributed by atoms with E-state index in [2.05, 4.69) is 47.1 Å². The third-order valence-corrected chi connectivity index (χ3v) is 5.52. The molecule has 0 aliphatic rings. The van der Waals surface area contributed by atoms with Crippen LogP contribution in [0.5, 0.6) is 0 Å². The fraction of sp³-hybridized carbons (Fsp3) is 0.316. The molecule has 0 radical (unpaired) electrons. The van der Waals surface area contributed by atoms with Gasteiger partial charge in [-0.3, -0.25) is 0 Å². The van der Waals surface area contributed by atoms with Gasteiger partial charge in [0, 0.05) is 15.1 Å². The van der Waals surface area contributed by atoms with Crippen molar-refractivity contribution in [2.24, 2.45) is 5.92 Å². The van der Waals surface area contributed by atoms with Crippen molar-refractivity contribution in [2.75, 3.05) is 12.9 Å². The van der Waals surface area contributed by atoms with Gasteiger partial charge in [-0.05, 0) is 60.7 Å². The molecule has 1 unspecified atom stereocenters. The molecule has 2 aromatic carbocycles. The summed E-state index contributed by atoms with van der Waals surface area (Å²) in [5, 5.41) is 0. The lowest BCUT2D eigenvalue weighted by atomic mass is 10.0. The molecule has 23 heavy (non-hydrogen) atoms. The second-order valence-electron chi connectivity index (χ2n) is 5.60. The van der Waals surface area contributed by atoms with E-state index < -0.39 is 0 Å². The molecule has 2 rings (SSSR count). The molecule has 0 heterocycles. The Hall–Kier alpha value is -1.26. The van der Waals surface area contributed by atoms with Crippen molar-refractivity contribution < 1.29 is 9.53 Å². The van der Waals surface area contributed by atoms with E-state index in [1.807, 2.05) is 36.0 Å². The molecule has 2 aromatic rings. The fourth-order valence-corrected chi connectivity index (χ4v) is 3.43. The van der Waals surface area contributed by atoms with E-state index in [9.17, 15) is 4.79 Å². The van der Waals surface area contributed by atoms with Gasteiger partial charge < -0.3 is 4.74 Å². The molecule has 0 saturated heterocycles. The summed E-state index contributed by atoms with van der Waals surface area (Å²) in [6.07, 6.45) is 2.17. The summed E-state index contributed by atoms with van der Waals surface area (Å²) in [6, 6.07) is 16.2. The number of carbonyl (C=O) groups is 1. The summed E-state index contributed by atoms with van der Waals surface area (Å²) < 4.78 is 5.83. The molecule has 0 N–H and O–H groups in total. The zero-order valence-electron chi connectivity index (χ0n) is 13.4. The highest BCUT2D eigenvalue weighted by Gasteiger charge is 2.07. The maximum atomic E-state index is 11.4. The number of halogens is 1. The number of esters is 1. The molecular weight excluding hydrogens is 372 g/mol. The molecule has 0 aromatic heterocycles. The van der Waals surface area contributed by atoms with Crippen LogP contribution in [0.4, 0.5) is 0 Å². The largest absolute Gasteiger partial charge is 0.465 e. The quantitative estimate of drug-likeness (QED) is 0.453. The van der Waals surface area contributed by atoms with Crippen molar-refractivity contribution in [2.45, 2.75) is 24.7 Å². The molecule has 0 fully saturated rings. The van der Waals surface area contributed by atoms with Crippen LogP contribution in [0.3, 0.4) is 0 Å². The number of hydrogen-bond acceptors (Lipinski definition) is 3. The third-order valence-electron chi connectivity index (χ3n) is 3.65. The Labute approximate surface area is 150 Å². The second kappa shape index (κ2) is 9.14. The summed E-state index contributed by atoms with van der Waals surface area (Å²) in [5.74, 6) is 1.47. The Morgan fingerprint density at radius 1 is 1.13 bits per heavy atom. The van der Waals surface area contributed by atoms with Gasteiger partial charge in [-0.1, -0.05) is 35.0 Å². The van der Waals surface area contributed by atoms with Crippen molar-refractivity contribution in [1.29, 1.82) is 0 Å².